The Labute approximate surface area is 65.5 Å². The summed E-state index contributed by atoms with van der Waals surface area (Å²) in [6.45, 7) is 3.49. The third kappa shape index (κ3) is 2.57. The van der Waals surface area contributed by atoms with Gasteiger partial charge in [0.25, 0.3) is 0 Å². The van der Waals surface area contributed by atoms with Crippen LogP contribution in [0.1, 0.15) is 13.8 Å². The summed E-state index contributed by atoms with van der Waals surface area (Å²) < 4.78 is 17.0. The Morgan fingerprint density at radius 3 is 2.09 bits per heavy atom. The lowest BCUT2D eigenvalue weighted by atomic mass is 10.0. The van der Waals surface area contributed by atoms with Crippen LogP contribution in [0.25, 0.3) is 0 Å². The minimum Gasteiger partial charge on any atom is -0.482 e. The summed E-state index contributed by atoms with van der Waals surface area (Å²) in [5.41, 5.74) is 5.41. The molecule has 0 spiro atoms. The molecular weight excluding hydrogens is 147 g/mol. The number of nitrogens with one attached hydrogen (secondary N) is 1. The molecule has 3 N–H and O–H groups in total. The van der Waals surface area contributed by atoms with Crippen molar-refractivity contribution >= 4 is 5.97 Å². The van der Waals surface area contributed by atoms with E-state index in [0.717, 1.165) is 0 Å². The summed E-state index contributed by atoms with van der Waals surface area (Å²) in [6.07, 6.45) is 0. The standard InChI is InChI=1S/C7H13FN2O/c1-4(2)5(6(8)9)7(10)11-3/h4,9H,10H2,1-3H3. The van der Waals surface area contributed by atoms with Crippen LogP contribution in [-0.4, -0.2) is 13.1 Å². The molecule has 0 aromatic rings. The van der Waals surface area contributed by atoms with Crippen molar-refractivity contribution in [2.24, 2.45) is 11.7 Å². The summed E-state index contributed by atoms with van der Waals surface area (Å²) >= 11 is 0. The number of methoxy groups -OCH3 is 1. The molecule has 0 saturated carbocycles. The van der Waals surface area contributed by atoms with Crippen molar-refractivity contribution in [1.82, 2.24) is 0 Å². The molecule has 11 heavy (non-hydrogen) atoms. The Bertz CT molecular complexity index is 187. The van der Waals surface area contributed by atoms with E-state index in [-0.39, 0.29) is 17.4 Å². The van der Waals surface area contributed by atoms with Crippen LogP contribution in [0.3, 0.4) is 0 Å². The van der Waals surface area contributed by atoms with Crippen LogP contribution in [0, 0.1) is 11.3 Å². The number of allylic oxidation sites excluding steroid dienone is 1. The Morgan fingerprint density at radius 2 is 2.00 bits per heavy atom. The minimum atomic E-state index is -1.03. The zero-order valence-corrected chi connectivity index (χ0v) is 6.94. The lowest BCUT2D eigenvalue weighted by Crippen LogP contribution is -2.13. The fourth-order valence-corrected chi connectivity index (χ4v) is 0.756. The number of halogens is 1. The van der Waals surface area contributed by atoms with Crippen molar-refractivity contribution in [1.29, 1.82) is 5.41 Å². The molecule has 0 heterocycles. The maximum atomic E-state index is 12.4. The second-order valence-electron chi connectivity index (χ2n) is 2.45. The minimum absolute atomic E-state index is 0.0208. The van der Waals surface area contributed by atoms with Gasteiger partial charge in [0.15, 0.2) is 5.88 Å². The monoisotopic (exact) mass is 160 g/mol. The summed E-state index contributed by atoms with van der Waals surface area (Å²) in [6, 6.07) is 0. The van der Waals surface area contributed by atoms with Crippen molar-refractivity contribution < 1.29 is 9.13 Å². The zero-order valence-electron chi connectivity index (χ0n) is 6.94. The van der Waals surface area contributed by atoms with Gasteiger partial charge in [-0.15, -0.1) is 0 Å². The molecular formula is C7H13FN2O. The van der Waals surface area contributed by atoms with E-state index in [4.69, 9.17) is 11.1 Å². The van der Waals surface area contributed by atoms with E-state index in [2.05, 4.69) is 4.74 Å². The average Bonchev–Trinajstić information content (AvgIpc) is 1.85. The van der Waals surface area contributed by atoms with Gasteiger partial charge < -0.3 is 10.5 Å². The molecule has 0 aromatic carbocycles. The Hall–Kier alpha value is -1.06. The first-order valence-electron chi connectivity index (χ1n) is 3.28. The van der Waals surface area contributed by atoms with E-state index in [1.54, 1.807) is 13.8 Å². The Kier molecular flexibility index (Phi) is 3.57. The van der Waals surface area contributed by atoms with Crippen LogP contribution < -0.4 is 5.73 Å². The predicted octanol–water partition coefficient (Wildman–Crippen LogP) is 1.41. The van der Waals surface area contributed by atoms with E-state index < -0.39 is 5.97 Å². The molecule has 0 rings (SSSR count). The Morgan fingerprint density at radius 1 is 1.55 bits per heavy atom. The number of nitrogens with two attached hydrogens (primary N) is 1. The lowest BCUT2D eigenvalue weighted by Gasteiger charge is -2.09. The molecule has 0 fully saturated rings. The largest absolute Gasteiger partial charge is 0.482 e. The Balaban J connectivity index is 4.73. The van der Waals surface area contributed by atoms with Crippen molar-refractivity contribution in [2.45, 2.75) is 13.8 Å². The predicted molar refractivity (Wildman–Crippen MR) is 41.9 cm³/mol. The molecule has 0 aliphatic heterocycles. The van der Waals surface area contributed by atoms with E-state index >= 15 is 0 Å². The zero-order chi connectivity index (χ0) is 9.02. The van der Waals surface area contributed by atoms with Gasteiger partial charge in [0.1, 0.15) is 0 Å². The van der Waals surface area contributed by atoms with Crippen LogP contribution in [0.15, 0.2) is 11.5 Å². The van der Waals surface area contributed by atoms with Crippen molar-refractivity contribution in [3.63, 3.8) is 0 Å². The van der Waals surface area contributed by atoms with Crippen LogP contribution >= 0.6 is 0 Å². The summed E-state index contributed by atoms with van der Waals surface area (Å²) in [5, 5.41) is 6.73. The van der Waals surface area contributed by atoms with Gasteiger partial charge in [-0.1, -0.05) is 13.8 Å². The van der Waals surface area contributed by atoms with Gasteiger partial charge in [-0.3, -0.25) is 5.41 Å². The van der Waals surface area contributed by atoms with Gasteiger partial charge in [0.05, 0.1) is 12.7 Å². The molecule has 0 unspecified atom stereocenters. The van der Waals surface area contributed by atoms with Gasteiger partial charge in [0.2, 0.25) is 5.97 Å². The molecule has 0 aliphatic rings. The number of hydrogen-bond donors (Lipinski definition) is 2. The normalized spacial score (nSPS) is 12.8. The van der Waals surface area contributed by atoms with Crippen LogP contribution in [0.2, 0.25) is 0 Å². The van der Waals surface area contributed by atoms with E-state index in [9.17, 15) is 4.39 Å². The third-order valence-corrected chi connectivity index (χ3v) is 1.30. The number of hydrogen-bond acceptors (Lipinski definition) is 3. The molecule has 0 amide bonds. The van der Waals surface area contributed by atoms with Crippen LogP contribution in [0.4, 0.5) is 4.39 Å². The molecule has 3 nitrogen and oxygen atoms in total. The fraction of sp³-hybridized carbons (Fsp3) is 0.571. The van der Waals surface area contributed by atoms with Crippen molar-refractivity contribution in [2.75, 3.05) is 7.11 Å². The van der Waals surface area contributed by atoms with Gasteiger partial charge in [0, 0.05) is 0 Å². The summed E-state index contributed by atoms with van der Waals surface area (Å²) in [7, 11) is 1.35. The topological polar surface area (TPSA) is 59.1 Å². The summed E-state index contributed by atoms with van der Waals surface area (Å²) in [5.74, 6) is -1.18. The maximum Gasteiger partial charge on any atom is 0.214 e. The quantitative estimate of drug-likeness (QED) is 0.484. The highest BCUT2D eigenvalue weighted by molar-refractivity contribution is 5.90. The van der Waals surface area contributed by atoms with Crippen molar-refractivity contribution in [3.8, 4) is 0 Å². The number of rotatable bonds is 3. The van der Waals surface area contributed by atoms with E-state index in [0.29, 0.717) is 0 Å². The SMILES string of the molecule is COC(N)=C(C(=N)F)C(C)C. The second kappa shape index (κ2) is 3.95. The van der Waals surface area contributed by atoms with Crippen molar-refractivity contribution in [3.05, 3.63) is 11.5 Å². The first-order valence-corrected chi connectivity index (χ1v) is 3.28. The highest BCUT2D eigenvalue weighted by Crippen LogP contribution is 2.14. The maximum absolute atomic E-state index is 12.4. The molecule has 0 radical (unpaired) electrons. The van der Waals surface area contributed by atoms with Gasteiger partial charge in [-0.05, 0) is 5.92 Å². The molecule has 0 aliphatic carbocycles. The van der Waals surface area contributed by atoms with E-state index in [1.165, 1.54) is 7.11 Å². The molecule has 4 heteroatoms. The molecule has 0 aromatic heterocycles. The first kappa shape index (κ1) is 9.94. The smallest absolute Gasteiger partial charge is 0.214 e. The van der Waals surface area contributed by atoms with Gasteiger partial charge >= 0.3 is 0 Å². The van der Waals surface area contributed by atoms with Crippen LogP contribution in [0.5, 0.6) is 0 Å². The van der Waals surface area contributed by atoms with Crippen LogP contribution in [-0.2, 0) is 4.74 Å². The summed E-state index contributed by atoms with van der Waals surface area (Å²) in [4.78, 5) is 0. The highest BCUT2D eigenvalue weighted by Gasteiger charge is 2.14. The third-order valence-electron chi connectivity index (χ3n) is 1.30. The fourth-order valence-electron chi connectivity index (χ4n) is 0.756. The number of ether oxygens (including phenoxy) is 1. The lowest BCUT2D eigenvalue weighted by molar-refractivity contribution is 0.280. The molecule has 0 atom stereocenters. The second-order valence-corrected chi connectivity index (χ2v) is 2.45. The molecule has 0 bridgehead atoms. The average molecular weight is 160 g/mol. The first-order chi connectivity index (χ1) is 5.00. The molecule has 64 valence electrons. The van der Waals surface area contributed by atoms with Gasteiger partial charge in [-0.2, -0.15) is 4.39 Å². The molecule has 0 saturated heterocycles. The van der Waals surface area contributed by atoms with E-state index in [1.807, 2.05) is 0 Å². The highest BCUT2D eigenvalue weighted by atomic mass is 19.1. The van der Waals surface area contributed by atoms with Gasteiger partial charge in [-0.25, -0.2) is 0 Å².